The third kappa shape index (κ3) is 2.96. The zero-order valence-corrected chi connectivity index (χ0v) is 13.1. The van der Waals surface area contributed by atoms with Gasteiger partial charge in [-0.3, -0.25) is 0 Å². The van der Waals surface area contributed by atoms with Crippen LogP contribution in [0.3, 0.4) is 0 Å². The van der Waals surface area contributed by atoms with Crippen molar-refractivity contribution >= 4 is 11.5 Å². The molecule has 4 heteroatoms. The third-order valence-corrected chi connectivity index (χ3v) is 3.86. The van der Waals surface area contributed by atoms with Gasteiger partial charge in [-0.25, -0.2) is 4.98 Å². The van der Waals surface area contributed by atoms with Crippen molar-refractivity contribution in [3.8, 4) is 0 Å². The summed E-state index contributed by atoms with van der Waals surface area (Å²) in [5.74, 6) is 1.80. The van der Waals surface area contributed by atoms with E-state index in [0.29, 0.717) is 5.92 Å². The Kier molecular flexibility index (Phi) is 5.01. The van der Waals surface area contributed by atoms with Crippen LogP contribution in [0, 0.1) is 5.92 Å². The molecule has 0 bridgehead atoms. The minimum absolute atomic E-state index is 0.683. The first-order valence-corrected chi connectivity index (χ1v) is 7.56. The summed E-state index contributed by atoms with van der Waals surface area (Å²) in [4.78, 5) is 7.24. The van der Waals surface area contributed by atoms with Crippen molar-refractivity contribution in [2.75, 3.05) is 25.0 Å². The fraction of sp³-hybridized carbons (Fsp3) is 0.562. The maximum atomic E-state index is 4.84. The number of pyridine rings is 1. The molecule has 0 radical (unpaired) electrons. The Morgan fingerprint density at radius 3 is 2.80 bits per heavy atom. The number of aromatic nitrogens is 2. The summed E-state index contributed by atoms with van der Waals surface area (Å²) < 4.78 is 2.19. The van der Waals surface area contributed by atoms with Crippen LogP contribution in [0.1, 0.15) is 32.9 Å². The standard InChI is InChI=1S/C16H26N4/c1-5-13(3)12-19(6-2)16-14(11-17-4)20-10-8-7-9-15(20)18-16/h7-10,13,17H,5-6,11-12H2,1-4H3. The minimum Gasteiger partial charge on any atom is -0.355 e. The highest BCUT2D eigenvalue weighted by atomic mass is 15.2. The Bertz CT molecular complexity index is 546. The SMILES string of the molecule is CCC(C)CN(CC)c1nc2ccccn2c1CNC. The number of anilines is 1. The van der Waals surface area contributed by atoms with Gasteiger partial charge in [0, 0.05) is 25.8 Å². The third-order valence-electron chi connectivity index (χ3n) is 3.86. The smallest absolute Gasteiger partial charge is 0.152 e. The summed E-state index contributed by atoms with van der Waals surface area (Å²) in [6.07, 6.45) is 3.29. The van der Waals surface area contributed by atoms with Crippen molar-refractivity contribution in [1.82, 2.24) is 14.7 Å². The Morgan fingerprint density at radius 1 is 1.35 bits per heavy atom. The van der Waals surface area contributed by atoms with Gasteiger partial charge in [0.2, 0.25) is 0 Å². The summed E-state index contributed by atoms with van der Waals surface area (Å²) in [6.45, 7) is 9.64. The second-order valence-electron chi connectivity index (χ2n) is 5.39. The average Bonchev–Trinajstić information content (AvgIpc) is 2.84. The highest BCUT2D eigenvalue weighted by molar-refractivity contribution is 5.56. The van der Waals surface area contributed by atoms with E-state index in [-0.39, 0.29) is 0 Å². The van der Waals surface area contributed by atoms with Gasteiger partial charge in [0.25, 0.3) is 0 Å². The number of hydrogen-bond donors (Lipinski definition) is 1. The highest BCUT2D eigenvalue weighted by Crippen LogP contribution is 2.23. The number of fused-ring (bicyclic) bond motifs is 1. The van der Waals surface area contributed by atoms with E-state index in [2.05, 4.69) is 53.7 Å². The molecule has 0 amide bonds. The summed E-state index contributed by atoms with van der Waals surface area (Å²) >= 11 is 0. The molecule has 0 saturated carbocycles. The van der Waals surface area contributed by atoms with Crippen molar-refractivity contribution in [2.24, 2.45) is 5.92 Å². The first-order chi connectivity index (χ1) is 9.71. The van der Waals surface area contributed by atoms with Gasteiger partial charge in [0.1, 0.15) is 5.65 Å². The molecule has 0 aliphatic rings. The molecule has 2 heterocycles. The van der Waals surface area contributed by atoms with Gasteiger partial charge in [0.15, 0.2) is 5.82 Å². The van der Waals surface area contributed by atoms with Crippen LogP contribution in [0.5, 0.6) is 0 Å². The monoisotopic (exact) mass is 274 g/mol. The molecule has 1 unspecified atom stereocenters. The lowest BCUT2D eigenvalue weighted by atomic mass is 10.1. The molecule has 4 nitrogen and oxygen atoms in total. The topological polar surface area (TPSA) is 32.6 Å². The second kappa shape index (κ2) is 6.75. The lowest BCUT2D eigenvalue weighted by molar-refractivity contribution is 0.544. The van der Waals surface area contributed by atoms with E-state index in [4.69, 9.17) is 4.98 Å². The Labute approximate surface area is 121 Å². The molecule has 0 aliphatic carbocycles. The lowest BCUT2D eigenvalue weighted by Crippen LogP contribution is -2.29. The van der Waals surface area contributed by atoms with E-state index >= 15 is 0 Å². The molecule has 2 aromatic heterocycles. The second-order valence-corrected chi connectivity index (χ2v) is 5.39. The van der Waals surface area contributed by atoms with Gasteiger partial charge in [-0.2, -0.15) is 0 Å². The first-order valence-electron chi connectivity index (χ1n) is 7.56. The molecular formula is C16H26N4. The molecule has 110 valence electrons. The number of rotatable bonds is 7. The van der Waals surface area contributed by atoms with E-state index in [0.717, 1.165) is 31.1 Å². The Hall–Kier alpha value is -1.55. The van der Waals surface area contributed by atoms with Crippen molar-refractivity contribution in [2.45, 2.75) is 33.7 Å². The van der Waals surface area contributed by atoms with Crippen LogP contribution in [-0.4, -0.2) is 29.5 Å². The van der Waals surface area contributed by atoms with Crippen LogP contribution in [0.15, 0.2) is 24.4 Å². The fourth-order valence-corrected chi connectivity index (χ4v) is 2.49. The van der Waals surface area contributed by atoms with Crippen molar-refractivity contribution in [3.63, 3.8) is 0 Å². The first kappa shape index (κ1) is 14.9. The van der Waals surface area contributed by atoms with Crippen LogP contribution in [0.25, 0.3) is 5.65 Å². The summed E-state index contributed by atoms with van der Waals surface area (Å²) in [7, 11) is 1.98. The minimum atomic E-state index is 0.683. The van der Waals surface area contributed by atoms with Crippen molar-refractivity contribution in [3.05, 3.63) is 30.1 Å². The molecular weight excluding hydrogens is 248 g/mol. The van der Waals surface area contributed by atoms with Gasteiger partial charge in [-0.05, 0) is 32.0 Å². The quantitative estimate of drug-likeness (QED) is 0.842. The van der Waals surface area contributed by atoms with E-state index in [1.54, 1.807) is 0 Å². The predicted octanol–water partition coefficient (Wildman–Crippen LogP) is 2.93. The van der Waals surface area contributed by atoms with Gasteiger partial charge < -0.3 is 14.6 Å². The maximum absolute atomic E-state index is 4.84. The van der Waals surface area contributed by atoms with Gasteiger partial charge in [-0.15, -0.1) is 0 Å². The van der Waals surface area contributed by atoms with Crippen molar-refractivity contribution in [1.29, 1.82) is 0 Å². The Morgan fingerprint density at radius 2 is 2.15 bits per heavy atom. The van der Waals surface area contributed by atoms with Crippen LogP contribution in [0.2, 0.25) is 0 Å². The molecule has 1 atom stereocenters. The summed E-state index contributed by atoms with van der Waals surface area (Å²) in [5.41, 5.74) is 2.27. The number of nitrogens with one attached hydrogen (secondary N) is 1. The molecule has 2 rings (SSSR count). The predicted molar refractivity (Wildman–Crippen MR) is 85.3 cm³/mol. The zero-order chi connectivity index (χ0) is 14.5. The largest absolute Gasteiger partial charge is 0.355 e. The average molecular weight is 274 g/mol. The van der Waals surface area contributed by atoms with E-state index in [1.807, 2.05) is 13.1 Å². The lowest BCUT2D eigenvalue weighted by Gasteiger charge is -2.25. The zero-order valence-electron chi connectivity index (χ0n) is 13.1. The molecule has 2 aromatic rings. The van der Waals surface area contributed by atoms with Crippen molar-refractivity contribution < 1.29 is 0 Å². The molecule has 1 N–H and O–H groups in total. The van der Waals surface area contributed by atoms with Crippen LogP contribution in [-0.2, 0) is 6.54 Å². The molecule has 0 aromatic carbocycles. The molecule has 0 aliphatic heterocycles. The van der Waals surface area contributed by atoms with Gasteiger partial charge in [-0.1, -0.05) is 26.3 Å². The van der Waals surface area contributed by atoms with Crippen LogP contribution < -0.4 is 10.2 Å². The molecule has 0 fully saturated rings. The van der Waals surface area contributed by atoms with E-state index in [1.165, 1.54) is 12.1 Å². The fourth-order valence-electron chi connectivity index (χ4n) is 2.49. The Balaban J connectivity index is 2.42. The van der Waals surface area contributed by atoms with Crippen LogP contribution >= 0.6 is 0 Å². The summed E-state index contributed by atoms with van der Waals surface area (Å²) in [6, 6.07) is 6.17. The van der Waals surface area contributed by atoms with Gasteiger partial charge in [0.05, 0.1) is 5.69 Å². The van der Waals surface area contributed by atoms with Crippen LogP contribution in [0.4, 0.5) is 5.82 Å². The van der Waals surface area contributed by atoms with E-state index < -0.39 is 0 Å². The number of hydrogen-bond acceptors (Lipinski definition) is 3. The summed E-state index contributed by atoms with van der Waals surface area (Å²) in [5, 5.41) is 3.26. The normalized spacial score (nSPS) is 12.8. The van der Waals surface area contributed by atoms with Gasteiger partial charge >= 0.3 is 0 Å². The van der Waals surface area contributed by atoms with E-state index in [9.17, 15) is 0 Å². The molecule has 0 spiro atoms. The highest BCUT2D eigenvalue weighted by Gasteiger charge is 2.17. The molecule has 0 saturated heterocycles. The maximum Gasteiger partial charge on any atom is 0.152 e. The molecule has 20 heavy (non-hydrogen) atoms. The number of imidazole rings is 1. The number of nitrogens with zero attached hydrogens (tertiary/aromatic N) is 3.